The van der Waals surface area contributed by atoms with Gasteiger partial charge in [0.05, 0.1) is 4.92 Å². The van der Waals surface area contributed by atoms with Gasteiger partial charge in [0, 0.05) is 23.7 Å². The zero-order valence-electron chi connectivity index (χ0n) is 12.4. The minimum absolute atomic E-state index is 0.00541. The van der Waals surface area contributed by atoms with Crippen molar-refractivity contribution in [2.75, 3.05) is 0 Å². The molecule has 0 heterocycles. The number of hydrogen-bond donors (Lipinski definition) is 1. The third kappa shape index (κ3) is 4.15. The lowest BCUT2D eigenvalue weighted by Gasteiger charge is -2.17. The second kappa shape index (κ2) is 7.36. The molecule has 22 heavy (non-hydrogen) atoms. The lowest BCUT2D eigenvalue weighted by molar-refractivity contribution is -0.384. The number of carbonyl (C=O) groups excluding carboxylic acids is 1. The van der Waals surface area contributed by atoms with Crippen LogP contribution < -0.4 is 5.32 Å². The standard InChI is InChI=1S/C17H18N2O3/c1-2-15(11-13-7-4-3-5-8-13)18-17(20)14-9-6-10-16(12-14)19(21)22/h3-10,12,15H,2,11H2,1H3,(H,18,20)/t15-/m1/s1. The van der Waals surface area contributed by atoms with E-state index in [2.05, 4.69) is 5.32 Å². The Labute approximate surface area is 129 Å². The molecule has 1 atom stereocenters. The normalized spacial score (nSPS) is 11.7. The number of nitrogens with zero attached hydrogens (tertiary/aromatic N) is 1. The summed E-state index contributed by atoms with van der Waals surface area (Å²) in [6, 6.07) is 15.7. The maximum Gasteiger partial charge on any atom is 0.270 e. The molecular formula is C17H18N2O3. The number of benzene rings is 2. The first kappa shape index (κ1) is 15.7. The molecule has 5 nitrogen and oxygen atoms in total. The van der Waals surface area contributed by atoms with E-state index < -0.39 is 4.92 Å². The fraction of sp³-hybridized carbons (Fsp3) is 0.235. The van der Waals surface area contributed by atoms with Gasteiger partial charge >= 0.3 is 0 Å². The summed E-state index contributed by atoms with van der Waals surface area (Å²) in [5.74, 6) is -0.286. The van der Waals surface area contributed by atoms with Crippen LogP contribution in [0.4, 0.5) is 5.69 Å². The first-order valence-electron chi connectivity index (χ1n) is 7.19. The number of nitro groups is 1. The van der Waals surface area contributed by atoms with Crippen LogP contribution in [0.15, 0.2) is 54.6 Å². The van der Waals surface area contributed by atoms with E-state index in [0.29, 0.717) is 5.56 Å². The summed E-state index contributed by atoms with van der Waals surface area (Å²) >= 11 is 0. The average molecular weight is 298 g/mol. The Hall–Kier alpha value is -2.69. The molecule has 5 heteroatoms. The van der Waals surface area contributed by atoms with Gasteiger partial charge in [-0.15, -0.1) is 0 Å². The van der Waals surface area contributed by atoms with Crippen molar-refractivity contribution in [3.05, 3.63) is 75.8 Å². The Morgan fingerprint density at radius 2 is 1.91 bits per heavy atom. The molecule has 0 saturated carbocycles. The van der Waals surface area contributed by atoms with Crippen LogP contribution in [0.25, 0.3) is 0 Å². The predicted octanol–water partition coefficient (Wildman–Crippen LogP) is 3.35. The van der Waals surface area contributed by atoms with Gasteiger partial charge in [-0.05, 0) is 24.5 Å². The van der Waals surface area contributed by atoms with Crippen LogP contribution in [0, 0.1) is 10.1 Å². The van der Waals surface area contributed by atoms with Crippen molar-refractivity contribution in [2.45, 2.75) is 25.8 Å². The zero-order valence-corrected chi connectivity index (χ0v) is 12.4. The van der Waals surface area contributed by atoms with Crippen molar-refractivity contribution < 1.29 is 9.72 Å². The highest BCUT2D eigenvalue weighted by atomic mass is 16.6. The summed E-state index contributed by atoms with van der Waals surface area (Å²) in [6.07, 6.45) is 1.52. The molecule has 0 bridgehead atoms. The minimum Gasteiger partial charge on any atom is -0.349 e. The fourth-order valence-electron chi connectivity index (χ4n) is 2.23. The summed E-state index contributed by atoms with van der Waals surface area (Å²) in [4.78, 5) is 22.5. The van der Waals surface area contributed by atoms with Gasteiger partial charge in [-0.3, -0.25) is 14.9 Å². The van der Waals surface area contributed by atoms with Gasteiger partial charge in [0.1, 0.15) is 0 Å². The lowest BCUT2D eigenvalue weighted by atomic mass is 10.0. The molecule has 114 valence electrons. The predicted molar refractivity (Wildman–Crippen MR) is 84.8 cm³/mol. The molecule has 1 N–H and O–H groups in total. The smallest absolute Gasteiger partial charge is 0.270 e. The number of amides is 1. The highest BCUT2D eigenvalue weighted by Crippen LogP contribution is 2.14. The molecular weight excluding hydrogens is 280 g/mol. The molecule has 0 aromatic heterocycles. The van der Waals surface area contributed by atoms with Gasteiger partial charge in [0.25, 0.3) is 11.6 Å². The average Bonchev–Trinajstić information content (AvgIpc) is 2.55. The van der Waals surface area contributed by atoms with Crippen LogP contribution >= 0.6 is 0 Å². The van der Waals surface area contributed by atoms with Crippen molar-refractivity contribution >= 4 is 11.6 Å². The van der Waals surface area contributed by atoms with Crippen LogP contribution in [-0.2, 0) is 6.42 Å². The van der Waals surface area contributed by atoms with E-state index in [4.69, 9.17) is 0 Å². The number of rotatable bonds is 6. The highest BCUT2D eigenvalue weighted by molar-refractivity contribution is 5.95. The van der Waals surface area contributed by atoms with E-state index >= 15 is 0 Å². The van der Waals surface area contributed by atoms with Gasteiger partial charge in [-0.1, -0.05) is 43.3 Å². The monoisotopic (exact) mass is 298 g/mol. The molecule has 0 saturated heterocycles. The van der Waals surface area contributed by atoms with E-state index in [0.717, 1.165) is 18.4 Å². The molecule has 2 aromatic carbocycles. The van der Waals surface area contributed by atoms with Gasteiger partial charge in [-0.25, -0.2) is 0 Å². The highest BCUT2D eigenvalue weighted by Gasteiger charge is 2.15. The third-order valence-corrected chi connectivity index (χ3v) is 3.47. The third-order valence-electron chi connectivity index (χ3n) is 3.47. The maximum atomic E-state index is 12.2. The summed E-state index contributed by atoms with van der Waals surface area (Å²) in [7, 11) is 0. The van der Waals surface area contributed by atoms with Crippen LogP contribution in [0.1, 0.15) is 29.3 Å². The first-order chi connectivity index (χ1) is 10.6. The molecule has 2 rings (SSSR count). The van der Waals surface area contributed by atoms with Crippen LogP contribution in [0.5, 0.6) is 0 Å². The number of nitrogens with one attached hydrogen (secondary N) is 1. The van der Waals surface area contributed by atoms with Gasteiger partial charge < -0.3 is 5.32 Å². The molecule has 0 aliphatic rings. The van der Waals surface area contributed by atoms with Gasteiger partial charge in [-0.2, -0.15) is 0 Å². The number of hydrogen-bond acceptors (Lipinski definition) is 3. The van der Waals surface area contributed by atoms with Gasteiger partial charge in [0.15, 0.2) is 0 Å². The Morgan fingerprint density at radius 3 is 2.55 bits per heavy atom. The number of non-ortho nitro benzene ring substituents is 1. The molecule has 2 aromatic rings. The van der Waals surface area contributed by atoms with Crippen molar-refractivity contribution in [2.24, 2.45) is 0 Å². The maximum absolute atomic E-state index is 12.2. The lowest BCUT2D eigenvalue weighted by Crippen LogP contribution is -2.36. The summed E-state index contributed by atoms with van der Waals surface area (Å²) in [5, 5.41) is 13.7. The number of nitro benzene ring substituents is 1. The van der Waals surface area contributed by atoms with Gasteiger partial charge in [0.2, 0.25) is 0 Å². The molecule has 0 spiro atoms. The second-order valence-corrected chi connectivity index (χ2v) is 5.08. The first-order valence-corrected chi connectivity index (χ1v) is 7.19. The minimum atomic E-state index is -0.502. The largest absolute Gasteiger partial charge is 0.349 e. The summed E-state index contributed by atoms with van der Waals surface area (Å²) in [6.45, 7) is 2.00. The van der Waals surface area contributed by atoms with E-state index in [1.54, 1.807) is 6.07 Å². The fourth-order valence-corrected chi connectivity index (χ4v) is 2.23. The van der Waals surface area contributed by atoms with E-state index in [1.165, 1.54) is 18.2 Å². The molecule has 0 aliphatic heterocycles. The van der Waals surface area contributed by atoms with Crippen molar-refractivity contribution in [3.8, 4) is 0 Å². The molecule has 0 radical (unpaired) electrons. The Balaban J connectivity index is 2.06. The molecule has 0 fully saturated rings. The second-order valence-electron chi connectivity index (χ2n) is 5.08. The van der Waals surface area contributed by atoms with E-state index in [9.17, 15) is 14.9 Å². The van der Waals surface area contributed by atoms with E-state index in [-0.39, 0.29) is 17.6 Å². The van der Waals surface area contributed by atoms with Crippen molar-refractivity contribution in [1.29, 1.82) is 0 Å². The van der Waals surface area contributed by atoms with Crippen molar-refractivity contribution in [3.63, 3.8) is 0 Å². The SMILES string of the molecule is CC[C@H](Cc1ccccc1)NC(=O)c1cccc([N+](=O)[O-])c1. The Morgan fingerprint density at radius 1 is 1.18 bits per heavy atom. The quantitative estimate of drug-likeness (QED) is 0.656. The van der Waals surface area contributed by atoms with Crippen molar-refractivity contribution in [1.82, 2.24) is 5.32 Å². The molecule has 0 unspecified atom stereocenters. The summed E-state index contributed by atoms with van der Waals surface area (Å²) < 4.78 is 0. The molecule has 0 aliphatic carbocycles. The zero-order chi connectivity index (χ0) is 15.9. The Kier molecular flexibility index (Phi) is 5.25. The summed E-state index contributed by atoms with van der Waals surface area (Å²) in [5.41, 5.74) is 1.37. The van der Waals surface area contributed by atoms with Crippen LogP contribution in [0.3, 0.4) is 0 Å². The van der Waals surface area contributed by atoms with Crippen LogP contribution in [0.2, 0.25) is 0 Å². The van der Waals surface area contributed by atoms with Crippen LogP contribution in [-0.4, -0.2) is 16.9 Å². The Bertz CT molecular complexity index is 656. The van der Waals surface area contributed by atoms with E-state index in [1.807, 2.05) is 37.3 Å². The molecule has 1 amide bonds. The topological polar surface area (TPSA) is 72.2 Å². The number of carbonyl (C=O) groups is 1.